The molecule has 0 aliphatic heterocycles. The smallest absolute Gasteiger partial charge is 0.191 e. The zero-order valence-corrected chi connectivity index (χ0v) is 16.2. The Labute approximate surface area is 150 Å². The van der Waals surface area contributed by atoms with Crippen molar-refractivity contribution in [3.05, 3.63) is 50.4 Å². The highest BCUT2D eigenvalue weighted by Gasteiger charge is 2.10. The number of benzene rings is 1. The number of halogens is 1. The summed E-state index contributed by atoms with van der Waals surface area (Å²) in [6.45, 7) is 7.85. The summed E-state index contributed by atoms with van der Waals surface area (Å²) >= 11 is 5.34. The number of aromatic nitrogens is 1. The molecule has 0 bridgehead atoms. The predicted octanol–water partition coefficient (Wildman–Crippen LogP) is 4.07. The van der Waals surface area contributed by atoms with Gasteiger partial charge in [-0.25, -0.2) is 4.98 Å². The van der Waals surface area contributed by atoms with Crippen LogP contribution in [0.15, 0.2) is 39.9 Å². The van der Waals surface area contributed by atoms with E-state index in [1.165, 1.54) is 10.4 Å². The topological polar surface area (TPSA) is 49.3 Å². The van der Waals surface area contributed by atoms with E-state index in [9.17, 15) is 0 Å². The molecule has 0 radical (unpaired) electrons. The number of nitrogens with zero attached hydrogens (tertiary/aromatic N) is 2. The third kappa shape index (κ3) is 5.62. The first-order valence-corrected chi connectivity index (χ1v) is 9.41. The maximum atomic E-state index is 4.66. The normalized spacial score (nSPS) is 13.0. The van der Waals surface area contributed by atoms with Gasteiger partial charge in [0.15, 0.2) is 5.96 Å². The highest BCUT2D eigenvalue weighted by molar-refractivity contribution is 9.10. The van der Waals surface area contributed by atoms with Crippen molar-refractivity contribution in [1.82, 2.24) is 15.6 Å². The zero-order chi connectivity index (χ0) is 16.7. The molecule has 0 aliphatic rings. The minimum atomic E-state index is 0.172. The van der Waals surface area contributed by atoms with Crippen molar-refractivity contribution in [3.8, 4) is 0 Å². The van der Waals surface area contributed by atoms with E-state index in [1.807, 2.05) is 18.3 Å². The Morgan fingerprint density at radius 3 is 2.83 bits per heavy atom. The van der Waals surface area contributed by atoms with Gasteiger partial charge in [0, 0.05) is 35.1 Å². The molecule has 4 nitrogen and oxygen atoms in total. The van der Waals surface area contributed by atoms with Gasteiger partial charge in [-0.15, -0.1) is 11.3 Å². The van der Waals surface area contributed by atoms with Gasteiger partial charge in [0.1, 0.15) is 0 Å². The molecule has 1 aromatic heterocycles. The molecule has 124 valence electrons. The Morgan fingerprint density at radius 1 is 1.39 bits per heavy atom. The van der Waals surface area contributed by atoms with E-state index >= 15 is 0 Å². The zero-order valence-electron chi connectivity index (χ0n) is 13.8. The van der Waals surface area contributed by atoms with Crippen LogP contribution in [0.1, 0.15) is 35.3 Å². The molecule has 1 aromatic carbocycles. The van der Waals surface area contributed by atoms with Crippen molar-refractivity contribution in [2.24, 2.45) is 4.99 Å². The van der Waals surface area contributed by atoms with Gasteiger partial charge in [-0.3, -0.25) is 4.99 Å². The highest BCUT2D eigenvalue weighted by Crippen LogP contribution is 2.22. The minimum Gasteiger partial charge on any atom is -0.357 e. The molecule has 0 saturated heterocycles. The van der Waals surface area contributed by atoms with Crippen LogP contribution in [-0.2, 0) is 6.42 Å². The number of hydrogen-bond acceptors (Lipinski definition) is 3. The van der Waals surface area contributed by atoms with Crippen molar-refractivity contribution >= 4 is 33.2 Å². The lowest BCUT2D eigenvalue weighted by Gasteiger charge is -2.19. The molecule has 2 aromatic rings. The second-order valence-electron chi connectivity index (χ2n) is 5.26. The largest absolute Gasteiger partial charge is 0.357 e. The van der Waals surface area contributed by atoms with Gasteiger partial charge >= 0.3 is 0 Å². The summed E-state index contributed by atoms with van der Waals surface area (Å²) < 4.78 is 1.11. The lowest BCUT2D eigenvalue weighted by molar-refractivity contribution is 0.683. The van der Waals surface area contributed by atoms with E-state index in [-0.39, 0.29) is 6.04 Å². The molecule has 0 aliphatic carbocycles. The van der Waals surface area contributed by atoms with Gasteiger partial charge in [0.05, 0.1) is 11.0 Å². The molecule has 1 heterocycles. The van der Waals surface area contributed by atoms with Crippen LogP contribution in [-0.4, -0.2) is 24.0 Å². The van der Waals surface area contributed by atoms with E-state index in [0.717, 1.165) is 35.0 Å². The molecule has 6 heteroatoms. The highest BCUT2D eigenvalue weighted by atomic mass is 79.9. The summed E-state index contributed by atoms with van der Waals surface area (Å²) in [5.41, 5.74) is 1.22. The molecular formula is C17H23BrN4S. The van der Waals surface area contributed by atoms with Crippen molar-refractivity contribution in [3.63, 3.8) is 0 Å². The molecule has 0 amide bonds. The first-order valence-electron chi connectivity index (χ1n) is 7.80. The van der Waals surface area contributed by atoms with Gasteiger partial charge < -0.3 is 10.6 Å². The van der Waals surface area contributed by atoms with Crippen LogP contribution in [0.25, 0.3) is 0 Å². The van der Waals surface area contributed by atoms with Crippen LogP contribution < -0.4 is 10.6 Å². The Hall–Kier alpha value is -1.40. The van der Waals surface area contributed by atoms with Crippen molar-refractivity contribution in [2.75, 3.05) is 13.1 Å². The average Bonchev–Trinajstić information content (AvgIpc) is 2.93. The van der Waals surface area contributed by atoms with Crippen LogP contribution >= 0.6 is 27.3 Å². The Bertz CT molecular complexity index is 654. The Balaban J connectivity index is 1.97. The fourth-order valence-electron chi connectivity index (χ4n) is 2.21. The summed E-state index contributed by atoms with van der Waals surface area (Å²) in [5.74, 6) is 0.837. The lowest BCUT2D eigenvalue weighted by atomic mass is 10.1. The SMILES string of the molecule is CCNC(=NCCc1ncc(C)s1)NC(C)c1ccccc1Br. The number of guanidine groups is 1. The van der Waals surface area contributed by atoms with E-state index in [1.54, 1.807) is 11.3 Å². The number of aryl methyl sites for hydroxylation is 1. The van der Waals surface area contributed by atoms with Crippen LogP contribution in [0.5, 0.6) is 0 Å². The van der Waals surface area contributed by atoms with E-state index in [2.05, 4.69) is 69.4 Å². The molecule has 23 heavy (non-hydrogen) atoms. The van der Waals surface area contributed by atoms with Gasteiger partial charge in [-0.05, 0) is 32.4 Å². The van der Waals surface area contributed by atoms with E-state index in [0.29, 0.717) is 0 Å². The van der Waals surface area contributed by atoms with Gasteiger partial charge in [-0.1, -0.05) is 34.1 Å². The van der Waals surface area contributed by atoms with Gasteiger partial charge in [-0.2, -0.15) is 0 Å². The van der Waals surface area contributed by atoms with Gasteiger partial charge in [0.25, 0.3) is 0 Å². The fraction of sp³-hybridized carbons (Fsp3) is 0.412. The number of aliphatic imine (C=N–C) groups is 1. The van der Waals surface area contributed by atoms with Crippen LogP contribution in [0.4, 0.5) is 0 Å². The lowest BCUT2D eigenvalue weighted by Crippen LogP contribution is -2.39. The molecule has 2 rings (SSSR count). The Morgan fingerprint density at radius 2 is 2.17 bits per heavy atom. The second kappa shape index (κ2) is 9.03. The standard InChI is InChI=1S/C17H23BrN4S/c1-4-19-17(20-10-9-16-21-11-12(2)23-16)22-13(3)14-7-5-6-8-15(14)18/h5-8,11,13H,4,9-10H2,1-3H3,(H2,19,20,22). The third-order valence-electron chi connectivity index (χ3n) is 3.33. The predicted molar refractivity (Wildman–Crippen MR) is 102 cm³/mol. The van der Waals surface area contributed by atoms with E-state index in [4.69, 9.17) is 0 Å². The van der Waals surface area contributed by atoms with Crippen molar-refractivity contribution < 1.29 is 0 Å². The number of thiazole rings is 1. The second-order valence-corrected chi connectivity index (χ2v) is 7.44. The maximum Gasteiger partial charge on any atom is 0.191 e. The van der Waals surface area contributed by atoms with E-state index < -0.39 is 0 Å². The monoisotopic (exact) mass is 394 g/mol. The molecule has 0 saturated carbocycles. The van der Waals surface area contributed by atoms with Crippen molar-refractivity contribution in [2.45, 2.75) is 33.2 Å². The van der Waals surface area contributed by atoms with Crippen LogP contribution in [0.2, 0.25) is 0 Å². The summed E-state index contributed by atoms with van der Waals surface area (Å²) in [4.78, 5) is 10.3. The molecule has 2 N–H and O–H groups in total. The van der Waals surface area contributed by atoms with Gasteiger partial charge in [0.2, 0.25) is 0 Å². The van der Waals surface area contributed by atoms with Crippen molar-refractivity contribution in [1.29, 1.82) is 0 Å². The summed E-state index contributed by atoms with van der Waals surface area (Å²) in [5, 5.41) is 7.90. The van der Waals surface area contributed by atoms with Crippen LogP contribution in [0.3, 0.4) is 0 Å². The Kier molecular flexibility index (Phi) is 7.05. The summed E-state index contributed by atoms with van der Waals surface area (Å²) in [6, 6.07) is 8.42. The number of hydrogen-bond donors (Lipinski definition) is 2. The quantitative estimate of drug-likeness (QED) is 0.573. The molecule has 0 spiro atoms. The first-order chi connectivity index (χ1) is 11.1. The van der Waals surface area contributed by atoms with Crippen LogP contribution in [0, 0.1) is 6.92 Å². The molecule has 1 unspecified atom stereocenters. The molecule has 0 fully saturated rings. The average molecular weight is 395 g/mol. The molecular weight excluding hydrogens is 372 g/mol. The number of rotatable bonds is 6. The minimum absolute atomic E-state index is 0.172. The fourth-order valence-corrected chi connectivity index (χ4v) is 3.61. The third-order valence-corrected chi connectivity index (χ3v) is 5.03. The first kappa shape index (κ1) is 17.9. The maximum absolute atomic E-state index is 4.66. The number of nitrogens with one attached hydrogen (secondary N) is 2. The molecule has 1 atom stereocenters. The summed E-state index contributed by atoms with van der Waals surface area (Å²) in [7, 11) is 0. The summed E-state index contributed by atoms with van der Waals surface area (Å²) in [6.07, 6.45) is 2.79.